The molecule has 3 aromatic rings. The third-order valence-corrected chi connectivity index (χ3v) is 5.06. The molecule has 1 amide bonds. The number of fused-ring (bicyclic) bond motifs is 3. The van der Waals surface area contributed by atoms with E-state index >= 15 is 0 Å². The quantitative estimate of drug-likeness (QED) is 0.706. The summed E-state index contributed by atoms with van der Waals surface area (Å²) in [4.78, 5) is 17.8. The summed E-state index contributed by atoms with van der Waals surface area (Å²) in [6, 6.07) is 22.0. The predicted molar refractivity (Wildman–Crippen MR) is 104 cm³/mol. The van der Waals surface area contributed by atoms with Crippen molar-refractivity contribution in [3.05, 3.63) is 102 Å². The highest BCUT2D eigenvalue weighted by atomic mass is 16.2. The number of amides is 1. The molecule has 1 aliphatic rings. The van der Waals surface area contributed by atoms with Crippen molar-refractivity contribution in [2.45, 2.75) is 18.4 Å². The lowest BCUT2D eigenvalue weighted by Gasteiger charge is -2.29. The Morgan fingerprint density at radius 3 is 2.15 bits per heavy atom. The maximum Gasteiger partial charge on any atom is 0.235 e. The van der Waals surface area contributed by atoms with Crippen LogP contribution >= 0.6 is 0 Å². The molecule has 0 radical (unpaired) electrons. The molecule has 4 rings (SSSR count). The number of carbonyl (C=O) groups excluding carboxylic acids is 1. The highest BCUT2D eigenvalue weighted by Gasteiger charge is 2.47. The summed E-state index contributed by atoms with van der Waals surface area (Å²) in [5.74, 6) is -0.0135. The van der Waals surface area contributed by atoms with Crippen LogP contribution in [0.2, 0.25) is 0 Å². The monoisotopic (exact) mass is 340 g/mol. The molecule has 1 heterocycles. The normalized spacial score (nSPS) is 13.5. The Labute approximate surface area is 153 Å². The van der Waals surface area contributed by atoms with Crippen LogP contribution in [0.3, 0.4) is 0 Å². The van der Waals surface area contributed by atoms with Crippen molar-refractivity contribution in [1.82, 2.24) is 10.3 Å². The first-order valence-corrected chi connectivity index (χ1v) is 8.76. The first kappa shape index (κ1) is 16.3. The fraction of sp³-hybridized carbons (Fsp3) is 0.130. The van der Waals surface area contributed by atoms with Gasteiger partial charge in [0.25, 0.3) is 0 Å². The van der Waals surface area contributed by atoms with Gasteiger partial charge in [0.15, 0.2) is 0 Å². The second kappa shape index (κ2) is 6.60. The van der Waals surface area contributed by atoms with E-state index in [1.807, 2.05) is 48.5 Å². The second-order valence-electron chi connectivity index (χ2n) is 6.49. The van der Waals surface area contributed by atoms with Gasteiger partial charge < -0.3 is 5.32 Å². The molecule has 1 aliphatic carbocycles. The Morgan fingerprint density at radius 2 is 1.58 bits per heavy atom. The van der Waals surface area contributed by atoms with Crippen molar-refractivity contribution in [1.29, 1.82) is 0 Å². The Bertz CT molecular complexity index is 917. The van der Waals surface area contributed by atoms with E-state index in [0.717, 1.165) is 27.9 Å². The number of hydrogen-bond donors (Lipinski definition) is 1. The maximum atomic E-state index is 13.5. The summed E-state index contributed by atoms with van der Waals surface area (Å²) < 4.78 is 0. The van der Waals surface area contributed by atoms with Crippen molar-refractivity contribution in [2.75, 3.05) is 0 Å². The molecule has 2 aromatic carbocycles. The molecule has 0 aliphatic heterocycles. The van der Waals surface area contributed by atoms with E-state index in [4.69, 9.17) is 0 Å². The van der Waals surface area contributed by atoms with Gasteiger partial charge >= 0.3 is 0 Å². The minimum Gasteiger partial charge on any atom is -0.349 e. The van der Waals surface area contributed by atoms with E-state index in [2.05, 4.69) is 41.1 Å². The number of allylic oxidation sites excluding steroid dienone is 1. The summed E-state index contributed by atoms with van der Waals surface area (Å²) in [5, 5.41) is 3.10. The minimum absolute atomic E-state index is 0.0135. The van der Waals surface area contributed by atoms with Crippen LogP contribution in [0.1, 0.15) is 23.2 Å². The lowest BCUT2D eigenvalue weighted by atomic mass is 9.74. The van der Waals surface area contributed by atoms with Crippen LogP contribution < -0.4 is 5.32 Å². The van der Waals surface area contributed by atoms with Gasteiger partial charge in [-0.2, -0.15) is 0 Å². The average Bonchev–Trinajstić information content (AvgIpc) is 2.99. The van der Waals surface area contributed by atoms with Gasteiger partial charge in [0.2, 0.25) is 5.91 Å². The molecular weight excluding hydrogens is 320 g/mol. The van der Waals surface area contributed by atoms with E-state index in [1.54, 1.807) is 6.20 Å². The number of pyridine rings is 1. The largest absolute Gasteiger partial charge is 0.349 e. The van der Waals surface area contributed by atoms with Crippen LogP contribution in [0, 0.1) is 0 Å². The zero-order valence-corrected chi connectivity index (χ0v) is 14.5. The average molecular weight is 340 g/mol. The summed E-state index contributed by atoms with van der Waals surface area (Å²) in [7, 11) is 0. The van der Waals surface area contributed by atoms with E-state index in [1.165, 1.54) is 0 Å². The highest BCUT2D eigenvalue weighted by molar-refractivity contribution is 6.00. The van der Waals surface area contributed by atoms with Crippen LogP contribution in [-0.4, -0.2) is 10.9 Å². The van der Waals surface area contributed by atoms with E-state index in [-0.39, 0.29) is 5.91 Å². The van der Waals surface area contributed by atoms with E-state index < -0.39 is 5.41 Å². The number of hydrogen-bond acceptors (Lipinski definition) is 2. The Hall–Kier alpha value is -3.20. The first-order valence-electron chi connectivity index (χ1n) is 8.76. The second-order valence-corrected chi connectivity index (χ2v) is 6.49. The summed E-state index contributed by atoms with van der Waals surface area (Å²) in [5.41, 5.74) is 4.42. The number of benzene rings is 2. The molecule has 128 valence electrons. The number of nitrogens with zero attached hydrogens (tertiary/aromatic N) is 1. The molecule has 3 nitrogen and oxygen atoms in total. The maximum absolute atomic E-state index is 13.5. The molecule has 0 saturated heterocycles. The molecule has 0 spiro atoms. The third kappa shape index (κ3) is 2.44. The lowest BCUT2D eigenvalue weighted by molar-refractivity contribution is -0.125. The fourth-order valence-electron chi connectivity index (χ4n) is 3.92. The van der Waals surface area contributed by atoms with Gasteiger partial charge in [0.05, 0.1) is 12.2 Å². The van der Waals surface area contributed by atoms with Gasteiger partial charge in [-0.05, 0) is 40.8 Å². The Kier molecular flexibility index (Phi) is 4.13. The number of rotatable bonds is 5. The summed E-state index contributed by atoms with van der Waals surface area (Å²) in [6.07, 6.45) is 4.12. The van der Waals surface area contributed by atoms with Crippen LogP contribution in [-0.2, 0) is 16.8 Å². The molecule has 26 heavy (non-hydrogen) atoms. The van der Waals surface area contributed by atoms with Gasteiger partial charge in [0, 0.05) is 6.20 Å². The van der Waals surface area contributed by atoms with Crippen molar-refractivity contribution in [2.24, 2.45) is 0 Å². The number of nitrogens with one attached hydrogen (secondary N) is 1. The molecule has 1 aromatic heterocycles. The fourth-order valence-corrected chi connectivity index (χ4v) is 3.92. The van der Waals surface area contributed by atoms with E-state index in [0.29, 0.717) is 13.0 Å². The molecular formula is C23H20N2O. The number of aromatic nitrogens is 1. The Balaban J connectivity index is 1.79. The summed E-state index contributed by atoms with van der Waals surface area (Å²) >= 11 is 0. The standard InChI is InChI=1S/C23H20N2O/c1-2-14-23(22(26)25-16-17-9-7-8-15-24-17)20-12-5-3-10-18(20)19-11-4-6-13-21(19)23/h2-13,15H,1,14,16H2,(H,25,26). The lowest BCUT2D eigenvalue weighted by Crippen LogP contribution is -2.43. The highest BCUT2D eigenvalue weighted by Crippen LogP contribution is 2.51. The topological polar surface area (TPSA) is 42.0 Å². The van der Waals surface area contributed by atoms with Crippen LogP contribution in [0.15, 0.2) is 85.6 Å². The molecule has 0 fully saturated rings. The zero-order chi connectivity index (χ0) is 18.0. The number of carbonyl (C=O) groups is 1. The first-order chi connectivity index (χ1) is 12.8. The van der Waals surface area contributed by atoms with Gasteiger partial charge in [-0.25, -0.2) is 0 Å². The van der Waals surface area contributed by atoms with Crippen LogP contribution in [0.25, 0.3) is 11.1 Å². The van der Waals surface area contributed by atoms with Gasteiger partial charge in [-0.3, -0.25) is 9.78 Å². The molecule has 0 atom stereocenters. The van der Waals surface area contributed by atoms with Crippen LogP contribution in [0.4, 0.5) is 0 Å². The van der Waals surface area contributed by atoms with Crippen LogP contribution in [0.5, 0.6) is 0 Å². The molecule has 0 saturated carbocycles. The molecule has 1 N–H and O–H groups in total. The zero-order valence-electron chi connectivity index (χ0n) is 14.5. The molecule has 3 heteroatoms. The minimum atomic E-state index is -0.746. The Morgan fingerprint density at radius 1 is 0.962 bits per heavy atom. The smallest absolute Gasteiger partial charge is 0.235 e. The van der Waals surface area contributed by atoms with Gasteiger partial charge in [-0.15, -0.1) is 6.58 Å². The van der Waals surface area contributed by atoms with E-state index in [9.17, 15) is 4.79 Å². The molecule has 0 bridgehead atoms. The van der Waals surface area contributed by atoms with Crippen molar-refractivity contribution >= 4 is 5.91 Å². The predicted octanol–water partition coefficient (Wildman–Crippen LogP) is 4.24. The van der Waals surface area contributed by atoms with Crippen molar-refractivity contribution in [3.63, 3.8) is 0 Å². The third-order valence-electron chi connectivity index (χ3n) is 5.06. The molecule has 0 unspecified atom stereocenters. The summed E-state index contributed by atoms with van der Waals surface area (Å²) in [6.45, 7) is 4.33. The van der Waals surface area contributed by atoms with Gasteiger partial charge in [-0.1, -0.05) is 60.7 Å². The van der Waals surface area contributed by atoms with Gasteiger partial charge in [0.1, 0.15) is 5.41 Å². The van der Waals surface area contributed by atoms with Crippen molar-refractivity contribution < 1.29 is 4.79 Å². The van der Waals surface area contributed by atoms with Crippen molar-refractivity contribution in [3.8, 4) is 11.1 Å². The SMILES string of the molecule is C=CCC1(C(=O)NCc2ccccn2)c2ccccc2-c2ccccc21.